The molecular formula is C6H14I-. The third kappa shape index (κ3) is 6.73. The Hall–Kier alpha value is 0.730. The Morgan fingerprint density at radius 3 is 1.14 bits per heavy atom. The molecule has 0 N–H and O–H groups in total. The molecule has 0 fully saturated rings. The van der Waals surface area contributed by atoms with Gasteiger partial charge in [0.15, 0.2) is 0 Å². The minimum atomic E-state index is 0.506. The molecule has 0 aromatic rings. The third-order valence-corrected chi connectivity index (χ3v) is 3.38. The molecule has 0 saturated carbocycles. The standard InChI is InChI=1S/C6H14I/c1-5(2)7-6(3)4/h5-6H,1-4H3/q-1. The van der Waals surface area contributed by atoms with Gasteiger partial charge in [-0.1, -0.05) is 0 Å². The number of rotatable bonds is 2. The summed E-state index contributed by atoms with van der Waals surface area (Å²) < 4.78 is 1.97. The zero-order valence-electron chi connectivity index (χ0n) is 5.53. The van der Waals surface area contributed by atoms with Gasteiger partial charge in [-0.15, -0.1) is 0 Å². The molecule has 0 rings (SSSR count). The van der Waals surface area contributed by atoms with Crippen LogP contribution in [0.25, 0.3) is 0 Å². The number of alkyl halides is 2. The van der Waals surface area contributed by atoms with Crippen LogP contribution in [0.5, 0.6) is 0 Å². The van der Waals surface area contributed by atoms with Gasteiger partial charge in [-0.05, 0) is 0 Å². The molecule has 0 amide bonds. The first kappa shape index (κ1) is 7.73. The van der Waals surface area contributed by atoms with Gasteiger partial charge in [0.1, 0.15) is 0 Å². The molecule has 0 nitrogen and oxygen atoms in total. The van der Waals surface area contributed by atoms with Gasteiger partial charge in [-0.2, -0.15) is 0 Å². The second kappa shape index (κ2) is 3.70. The van der Waals surface area contributed by atoms with Crippen LogP contribution in [0.1, 0.15) is 27.7 Å². The van der Waals surface area contributed by atoms with E-state index in [0.29, 0.717) is 21.2 Å². The van der Waals surface area contributed by atoms with Gasteiger partial charge in [0.25, 0.3) is 0 Å². The molecule has 0 saturated heterocycles. The molecule has 0 radical (unpaired) electrons. The normalized spacial score (nSPS) is 11.7. The van der Waals surface area contributed by atoms with Crippen LogP contribution in [0.3, 0.4) is 0 Å². The van der Waals surface area contributed by atoms with Crippen molar-refractivity contribution in [3.8, 4) is 0 Å². The van der Waals surface area contributed by atoms with Gasteiger partial charge in [-0.3, -0.25) is 0 Å². The van der Waals surface area contributed by atoms with Crippen LogP contribution in [0.2, 0.25) is 0 Å². The third-order valence-electron chi connectivity index (χ3n) is 0.504. The summed E-state index contributed by atoms with van der Waals surface area (Å²) in [5, 5.41) is 0. The summed E-state index contributed by atoms with van der Waals surface area (Å²) in [7, 11) is 0. The van der Waals surface area contributed by atoms with Gasteiger partial charge in [0.2, 0.25) is 0 Å². The molecule has 0 aliphatic carbocycles. The molecule has 7 heavy (non-hydrogen) atoms. The van der Waals surface area contributed by atoms with E-state index in [9.17, 15) is 0 Å². The van der Waals surface area contributed by atoms with E-state index in [1.165, 1.54) is 0 Å². The molecule has 0 aliphatic rings. The Morgan fingerprint density at radius 1 is 0.857 bits per heavy atom. The van der Waals surface area contributed by atoms with Crippen LogP contribution in [0, 0.1) is 0 Å². The van der Waals surface area contributed by atoms with Crippen molar-refractivity contribution in [2.75, 3.05) is 0 Å². The van der Waals surface area contributed by atoms with E-state index in [1.54, 1.807) is 0 Å². The first-order chi connectivity index (χ1) is 3.13. The fraction of sp³-hybridized carbons (Fsp3) is 1.00. The van der Waals surface area contributed by atoms with Crippen LogP contribution in [-0.4, -0.2) is 7.85 Å². The predicted octanol–water partition coefficient (Wildman–Crippen LogP) is -1.11. The maximum absolute atomic E-state index is 2.31. The van der Waals surface area contributed by atoms with Crippen LogP contribution >= 0.6 is 0 Å². The van der Waals surface area contributed by atoms with E-state index in [2.05, 4.69) is 27.7 Å². The molecule has 0 heterocycles. The molecule has 0 atom stereocenters. The van der Waals surface area contributed by atoms with Gasteiger partial charge < -0.3 is 0 Å². The summed E-state index contributed by atoms with van der Waals surface area (Å²) in [5.41, 5.74) is 0. The minimum absolute atomic E-state index is 0.506. The Bertz CT molecular complexity index is 33.4. The van der Waals surface area contributed by atoms with E-state index >= 15 is 0 Å². The zero-order valence-corrected chi connectivity index (χ0v) is 7.69. The fourth-order valence-electron chi connectivity index (χ4n) is 0.504. The summed E-state index contributed by atoms with van der Waals surface area (Å²) in [4.78, 5) is 0. The van der Waals surface area contributed by atoms with Crippen molar-refractivity contribution in [3.63, 3.8) is 0 Å². The second-order valence-electron chi connectivity index (χ2n) is 2.15. The quantitative estimate of drug-likeness (QED) is 0.403. The van der Waals surface area contributed by atoms with Gasteiger partial charge >= 0.3 is 56.7 Å². The molecule has 0 aliphatic heterocycles. The molecule has 0 bridgehead atoms. The Balaban J connectivity index is 2.95. The first-order valence-corrected chi connectivity index (χ1v) is 5.24. The van der Waals surface area contributed by atoms with Crippen LogP contribution < -0.4 is 21.2 Å². The number of hydrogen-bond acceptors (Lipinski definition) is 0. The number of hydrogen-bond donors (Lipinski definition) is 0. The van der Waals surface area contributed by atoms with Gasteiger partial charge in [0.05, 0.1) is 0 Å². The van der Waals surface area contributed by atoms with Crippen molar-refractivity contribution in [3.05, 3.63) is 0 Å². The summed E-state index contributed by atoms with van der Waals surface area (Å²) in [6.45, 7) is 9.25. The molecule has 0 aromatic heterocycles. The summed E-state index contributed by atoms with van der Waals surface area (Å²) in [6, 6.07) is 0. The first-order valence-electron chi connectivity index (χ1n) is 2.75. The average molecular weight is 213 g/mol. The topological polar surface area (TPSA) is 0 Å². The Labute approximate surface area is 56.9 Å². The van der Waals surface area contributed by atoms with Crippen LogP contribution in [0.4, 0.5) is 0 Å². The number of halogens is 1. The SMILES string of the molecule is CC(C)[I-]C(C)C. The molecule has 0 aromatic carbocycles. The molecule has 0 spiro atoms. The van der Waals surface area contributed by atoms with E-state index in [-0.39, 0.29) is 0 Å². The van der Waals surface area contributed by atoms with Crippen LogP contribution in [0.15, 0.2) is 0 Å². The molecule has 1 heteroatoms. The van der Waals surface area contributed by atoms with Crippen molar-refractivity contribution >= 4 is 0 Å². The van der Waals surface area contributed by atoms with Crippen molar-refractivity contribution in [2.24, 2.45) is 0 Å². The van der Waals surface area contributed by atoms with E-state index in [1.807, 2.05) is 0 Å². The summed E-state index contributed by atoms with van der Waals surface area (Å²) in [5.74, 6) is 0. The predicted molar refractivity (Wildman–Crippen MR) is 30.3 cm³/mol. The van der Waals surface area contributed by atoms with Gasteiger partial charge in [-0.25, -0.2) is 0 Å². The maximum atomic E-state index is 2.31. The zero-order chi connectivity index (χ0) is 5.86. The van der Waals surface area contributed by atoms with E-state index in [4.69, 9.17) is 0 Å². The molecular weight excluding hydrogens is 199 g/mol. The second-order valence-corrected chi connectivity index (χ2v) is 7.86. The van der Waals surface area contributed by atoms with Crippen molar-refractivity contribution in [1.29, 1.82) is 0 Å². The van der Waals surface area contributed by atoms with Crippen LogP contribution in [-0.2, 0) is 0 Å². The summed E-state index contributed by atoms with van der Waals surface area (Å²) in [6.07, 6.45) is 0. The van der Waals surface area contributed by atoms with Crippen molar-refractivity contribution < 1.29 is 21.2 Å². The average Bonchev–Trinajstić information content (AvgIpc) is 1.27. The monoisotopic (exact) mass is 213 g/mol. The van der Waals surface area contributed by atoms with E-state index in [0.717, 1.165) is 7.85 Å². The molecule has 0 unspecified atom stereocenters. The fourth-order valence-corrected chi connectivity index (χ4v) is 3.38. The Kier molecular flexibility index (Phi) is 4.08. The van der Waals surface area contributed by atoms with Crippen molar-refractivity contribution in [2.45, 2.75) is 35.5 Å². The van der Waals surface area contributed by atoms with Gasteiger partial charge in [0, 0.05) is 0 Å². The molecule has 46 valence electrons. The summed E-state index contributed by atoms with van der Waals surface area (Å²) >= 11 is 0.506. The van der Waals surface area contributed by atoms with Crippen molar-refractivity contribution in [1.82, 2.24) is 0 Å². The Morgan fingerprint density at radius 2 is 1.14 bits per heavy atom. The van der Waals surface area contributed by atoms with E-state index < -0.39 is 0 Å².